The van der Waals surface area contributed by atoms with Gasteiger partial charge in [0.15, 0.2) is 0 Å². The summed E-state index contributed by atoms with van der Waals surface area (Å²) in [6.45, 7) is 4.87. The van der Waals surface area contributed by atoms with Crippen LogP contribution in [0.3, 0.4) is 0 Å². The van der Waals surface area contributed by atoms with Crippen molar-refractivity contribution in [3.63, 3.8) is 0 Å². The molecule has 1 atom stereocenters. The SMILES string of the molecule is CC(C)c1ccc(C=O)cc1.NC1CCCCC1.NCCCC[C@H](N)C(=O)O. The zero-order chi connectivity index (χ0) is 21.4. The van der Waals surface area contributed by atoms with Crippen LogP contribution >= 0.6 is 0 Å². The molecule has 1 aliphatic carbocycles. The van der Waals surface area contributed by atoms with E-state index in [0.717, 1.165) is 24.7 Å². The summed E-state index contributed by atoms with van der Waals surface area (Å²) in [4.78, 5) is 20.4. The lowest BCUT2D eigenvalue weighted by molar-refractivity contribution is -0.138. The molecule has 0 unspecified atom stereocenters. The summed E-state index contributed by atoms with van der Waals surface area (Å²) in [6.07, 6.45) is 9.69. The molecule has 28 heavy (non-hydrogen) atoms. The predicted molar refractivity (Wildman–Crippen MR) is 115 cm³/mol. The Morgan fingerprint density at radius 2 is 1.71 bits per heavy atom. The maximum absolute atomic E-state index is 10.3. The summed E-state index contributed by atoms with van der Waals surface area (Å²) >= 11 is 0. The number of hydrogen-bond donors (Lipinski definition) is 4. The summed E-state index contributed by atoms with van der Waals surface area (Å²) in [6, 6.07) is 7.51. The van der Waals surface area contributed by atoms with Gasteiger partial charge in [-0.25, -0.2) is 0 Å². The quantitative estimate of drug-likeness (QED) is 0.414. The molecule has 1 aliphatic rings. The number of carbonyl (C=O) groups is 2. The van der Waals surface area contributed by atoms with Crippen molar-refractivity contribution in [3.8, 4) is 0 Å². The first-order valence-corrected chi connectivity index (χ1v) is 10.3. The lowest BCUT2D eigenvalue weighted by Crippen LogP contribution is -2.29. The van der Waals surface area contributed by atoms with Gasteiger partial charge in [0, 0.05) is 11.6 Å². The largest absolute Gasteiger partial charge is 0.480 e. The molecule has 1 saturated carbocycles. The second-order valence-electron chi connectivity index (χ2n) is 7.57. The highest BCUT2D eigenvalue weighted by molar-refractivity contribution is 5.74. The Labute approximate surface area is 169 Å². The van der Waals surface area contributed by atoms with Gasteiger partial charge in [0.25, 0.3) is 0 Å². The first-order chi connectivity index (χ1) is 13.3. The van der Waals surface area contributed by atoms with Crippen molar-refractivity contribution in [2.24, 2.45) is 17.2 Å². The van der Waals surface area contributed by atoms with Crippen LogP contribution in [0.5, 0.6) is 0 Å². The van der Waals surface area contributed by atoms with Crippen molar-refractivity contribution in [2.45, 2.75) is 83.2 Å². The van der Waals surface area contributed by atoms with Crippen molar-refractivity contribution in [3.05, 3.63) is 35.4 Å². The van der Waals surface area contributed by atoms with E-state index in [0.29, 0.717) is 24.9 Å². The Kier molecular flexibility index (Phi) is 15.2. The van der Waals surface area contributed by atoms with Crippen LogP contribution in [0.1, 0.15) is 87.1 Å². The minimum Gasteiger partial charge on any atom is -0.480 e. The first-order valence-electron chi connectivity index (χ1n) is 10.3. The molecule has 7 N–H and O–H groups in total. The molecule has 1 fully saturated rings. The average molecular weight is 394 g/mol. The van der Waals surface area contributed by atoms with E-state index in [-0.39, 0.29) is 0 Å². The van der Waals surface area contributed by atoms with E-state index in [2.05, 4.69) is 13.8 Å². The van der Waals surface area contributed by atoms with Crippen LogP contribution in [0.4, 0.5) is 0 Å². The molecule has 6 nitrogen and oxygen atoms in total. The van der Waals surface area contributed by atoms with Crippen LogP contribution in [0.15, 0.2) is 24.3 Å². The van der Waals surface area contributed by atoms with Crippen LogP contribution in [0.25, 0.3) is 0 Å². The Bertz CT molecular complexity index is 526. The molecule has 0 saturated heterocycles. The Morgan fingerprint density at radius 3 is 2.07 bits per heavy atom. The number of carbonyl (C=O) groups excluding carboxylic acids is 1. The third-order valence-corrected chi connectivity index (χ3v) is 4.68. The van der Waals surface area contributed by atoms with Gasteiger partial charge in [0.1, 0.15) is 12.3 Å². The van der Waals surface area contributed by atoms with Crippen LogP contribution in [-0.2, 0) is 4.79 Å². The van der Waals surface area contributed by atoms with Gasteiger partial charge in [0.05, 0.1) is 0 Å². The topological polar surface area (TPSA) is 132 Å². The van der Waals surface area contributed by atoms with Crippen molar-refractivity contribution in [1.29, 1.82) is 0 Å². The Balaban J connectivity index is 0.000000400. The Hall–Kier alpha value is -1.76. The standard InChI is InChI=1S/C10H12O.C6H14N2O2.C6H13N/c1-8(2)10-5-3-9(7-11)4-6-10;7-4-2-1-3-5(8)6(9)10;7-6-4-2-1-3-5-6/h3-8H,1-2H3;5H,1-4,7-8H2,(H,9,10);6H,1-5,7H2/t;5-;/m.0./s1. The van der Waals surface area contributed by atoms with Gasteiger partial charge < -0.3 is 22.3 Å². The molecular formula is C22H39N3O3. The molecule has 0 bridgehead atoms. The van der Waals surface area contributed by atoms with Gasteiger partial charge in [-0.1, -0.05) is 63.8 Å². The van der Waals surface area contributed by atoms with Gasteiger partial charge in [-0.2, -0.15) is 0 Å². The van der Waals surface area contributed by atoms with E-state index in [1.54, 1.807) is 0 Å². The van der Waals surface area contributed by atoms with Gasteiger partial charge in [-0.05, 0) is 43.7 Å². The molecule has 0 aromatic heterocycles. The highest BCUT2D eigenvalue weighted by Crippen LogP contribution is 2.15. The fraction of sp³-hybridized carbons (Fsp3) is 0.636. The molecule has 160 valence electrons. The number of hydrogen-bond acceptors (Lipinski definition) is 5. The lowest BCUT2D eigenvalue weighted by atomic mass is 9.97. The van der Waals surface area contributed by atoms with E-state index < -0.39 is 12.0 Å². The fourth-order valence-electron chi connectivity index (χ4n) is 2.73. The normalized spacial score (nSPS) is 14.9. The fourth-order valence-corrected chi connectivity index (χ4v) is 2.73. The zero-order valence-electron chi connectivity index (χ0n) is 17.5. The number of aldehydes is 1. The number of unbranched alkanes of at least 4 members (excludes halogenated alkanes) is 1. The molecule has 6 heteroatoms. The molecule has 0 aliphatic heterocycles. The van der Waals surface area contributed by atoms with Crippen LogP contribution < -0.4 is 17.2 Å². The van der Waals surface area contributed by atoms with Crippen molar-refractivity contribution in [2.75, 3.05) is 6.54 Å². The van der Waals surface area contributed by atoms with E-state index in [1.807, 2.05) is 24.3 Å². The number of aliphatic carboxylic acids is 1. The zero-order valence-corrected chi connectivity index (χ0v) is 17.5. The first kappa shape index (κ1) is 26.2. The maximum atomic E-state index is 10.3. The lowest BCUT2D eigenvalue weighted by Gasteiger charge is -2.15. The molecule has 0 spiro atoms. The van der Waals surface area contributed by atoms with E-state index in [4.69, 9.17) is 22.3 Å². The van der Waals surface area contributed by atoms with Gasteiger partial charge in [-0.3, -0.25) is 9.59 Å². The smallest absolute Gasteiger partial charge is 0.320 e. The van der Waals surface area contributed by atoms with Gasteiger partial charge >= 0.3 is 5.97 Å². The number of carboxylic acid groups (broad SMARTS) is 1. The molecule has 0 amide bonds. The highest BCUT2D eigenvalue weighted by atomic mass is 16.4. The molecule has 2 rings (SSSR count). The molecule has 0 heterocycles. The second-order valence-corrected chi connectivity index (χ2v) is 7.57. The van der Waals surface area contributed by atoms with E-state index in [1.165, 1.54) is 37.7 Å². The third kappa shape index (κ3) is 13.4. The molecular weight excluding hydrogens is 354 g/mol. The number of benzene rings is 1. The Morgan fingerprint density at radius 1 is 1.14 bits per heavy atom. The van der Waals surface area contributed by atoms with Gasteiger partial charge in [0.2, 0.25) is 0 Å². The third-order valence-electron chi connectivity index (χ3n) is 4.68. The summed E-state index contributed by atoms with van der Waals surface area (Å²) in [5, 5.41) is 8.33. The van der Waals surface area contributed by atoms with Crippen molar-refractivity contribution < 1.29 is 14.7 Å². The van der Waals surface area contributed by atoms with Crippen molar-refractivity contribution in [1.82, 2.24) is 0 Å². The number of rotatable bonds is 7. The summed E-state index contributed by atoms with van der Waals surface area (Å²) in [5.41, 5.74) is 18.1. The number of carboxylic acids is 1. The van der Waals surface area contributed by atoms with Crippen LogP contribution in [0.2, 0.25) is 0 Å². The van der Waals surface area contributed by atoms with E-state index >= 15 is 0 Å². The summed E-state index contributed by atoms with van der Waals surface area (Å²) in [7, 11) is 0. The minimum atomic E-state index is -0.933. The predicted octanol–water partition coefficient (Wildman–Crippen LogP) is 3.43. The molecule has 0 radical (unpaired) electrons. The molecule has 1 aromatic rings. The summed E-state index contributed by atoms with van der Waals surface area (Å²) < 4.78 is 0. The van der Waals surface area contributed by atoms with Crippen LogP contribution in [0, 0.1) is 0 Å². The summed E-state index contributed by atoms with van der Waals surface area (Å²) in [5.74, 6) is -0.396. The maximum Gasteiger partial charge on any atom is 0.320 e. The van der Waals surface area contributed by atoms with E-state index in [9.17, 15) is 9.59 Å². The highest BCUT2D eigenvalue weighted by Gasteiger charge is 2.09. The second kappa shape index (κ2) is 16.2. The monoisotopic (exact) mass is 393 g/mol. The van der Waals surface area contributed by atoms with Gasteiger partial charge in [-0.15, -0.1) is 0 Å². The van der Waals surface area contributed by atoms with Crippen molar-refractivity contribution >= 4 is 12.3 Å². The number of nitrogens with two attached hydrogens (primary N) is 3. The average Bonchev–Trinajstić information content (AvgIpc) is 2.69. The van der Waals surface area contributed by atoms with Crippen LogP contribution in [-0.4, -0.2) is 36.0 Å². The molecule has 1 aromatic carbocycles. The minimum absolute atomic E-state index is 0.520.